The molecule has 0 heterocycles. The van der Waals surface area contributed by atoms with Gasteiger partial charge in [-0.05, 0) is 59.7 Å². The maximum absolute atomic E-state index is 12.8. The van der Waals surface area contributed by atoms with Crippen molar-refractivity contribution < 1.29 is 19.1 Å². The van der Waals surface area contributed by atoms with E-state index in [4.69, 9.17) is 9.47 Å². The number of carbonyl (C=O) groups is 2. The van der Waals surface area contributed by atoms with Gasteiger partial charge in [-0.25, -0.2) is 9.59 Å². The molecule has 0 atom stereocenters. The molecule has 0 amide bonds. The van der Waals surface area contributed by atoms with Crippen LogP contribution < -0.4 is 5.43 Å². The Bertz CT molecular complexity index is 986. The molecule has 0 N–H and O–H groups in total. The molecule has 5 heteroatoms. The highest BCUT2D eigenvalue weighted by Gasteiger charge is 2.19. The molecular formula is C21H18O5. The van der Waals surface area contributed by atoms with Crippen LogP contribution in [0.5, 0.6) is 0 Å². The second kappa shape index (κ2) is 7.35. The molecule has 3 aromatic rings. The maximum atomic E-state index is 12.8. The van der Waals surface area contributed by atoms with Gasteiger partial charge in [-0.3, -0.25) is 4.79 Å². The van der Waals surface area contributed by atoms with Crippen LogP contribution in [0, 0.1) is 0 Å². The Morgan fingerprint density at radius 3 is 1.54 bits per heavy atom. The van der Waals surface area contributed by atoms with Gasteiger partial charge in [0.1, 0.15) is 11.1 Å². The molecule has 0 bridgehead atoms. The van der Waals surface area contributed by atoms with E-state index in [1.165, 1.54) is 12.1 Å². The summed E-state index contributed by atoms with van der Waals surface area (Å²) in [5, 5.41) is 3.26. The lowest BCUT2D eigenvalue weighted by Gasteiger charge is -2.01. The highest BCUT2D eigenvalue weighted by molar-refractivity contribution is 6.04. The summed E-state index contributed by atoms with van der Waals surface area (Å²) < 4.78 is 9.98. The summed E-state index contributed by atoms with van der Waals surface area (Å²) in [6.45, 7) is 3.57. The van der Waals surface area contributed by atoms with E-state index >= 15 is 0 Å². The minimum absolute atomic E-state index is 0.131. The lowest BCUT2D eigenvalue weighted by Crippen LogP contribution is -2.22. The SMILES string of the molecule is CCOC(=O)c1cc2cc3ccccc3cc2cc(C(=O)OCC)c1=O. The number of hydrogen-bond donors (Lipinski definition) is 0. The molecule has 26 heavy (non-hydrogen) atoms. The number of benzene rings is 2. The van der Waals surface area contributed by atoms with E-state index in [2.05, 4.69) is 0 Å². The lowest BCUT2D eigenvalue weighted by molar-refractivity contribution is 0.0523. The van der Waals surface area contributed by atoms with Crippen LogP contribution in [0.3, 0.4) is 0 Å². The minimum atomic E-state index is -0.756. The van der Waals surface area contributed by atoms with Gasteiger partial charge in [0.15, 0.2) is 0 Å². The summed E-state index contributed by atoms with van der Waals surface area (Å²) in [7, 11) is 0. The number of rotatable bonds is 4. The molecule has 0 saturated carbocycles. The van der Waals surface area contributed by atoms with Crippen LogP contribution in [0.25, 0.3) is 21.5 Å². The van der Waals surface area contributed by atoms with Crippen LogP contribution in [-0.2, 0) is 9.47 Å². The fourth-order valence-corrected chi connectivity index (χ4v) is 2.83. The van der Waals surface area contributed by atoms with Crippen molar-refractivity contribution in [2.24, 2.45) is 0 Å². The molecule has 3 aromatic carbocycles. The number of ether oxygens (including phenoxy) is 2. The van der Waals surface area contributed by atoms with Crippen molar-refractivity contribution in [1.82, 2.24) is 0 Å². The van der Waals surface area contributed by atoms with E-state index in [-0.39, 0.29) is 24.3 Å². The van der Waals surface area contributed by atoms with Gasteiger partial charge in [0.2, 0.25) is 5.43 Å². The molecule has 0 fully saturated rings. The van der Waals surface area contributed by atoms with Crippen LogP contribution in [0.1, 0.15) is 34.6 Å². The van der Waals surface area contributed by atoms with E-state index in [9.17, 15) is 14.4 Å². The van der Waals surface area contributed by atoms with Crippen molar-refractivity contribution in [2.45, 2.75) is 13.8 Å². The van der Waals surface area contributed by atoms with Gasteiger partial charge in [-0.2, -0.15) is 0 Å². The summed E-state index contributed by atoms with van der Waals surface area (Å²) >= 11 is 0. The average molecular weight is 350 g/mol. The van der Waals surface area contributed by atoms with Crippen molar-refractivity contribution in [1.29, 1.82) is 0 Å². The maximum Gasteiger partial charge on any atom is 0.342 e. The van der Waals surface area contributed by atoms with Crippen LogP contribution in [0.2, 0.25) is 0 Å². The van der Waals surface area contributed by atoms with Crippen LogP contribution >= 0.6 is 0 Å². The summed E-state index contributed by atoms with van der Waals surface area (Å²) in [6, 6.07) is 14.4. The van der Waals surface area contributed by atoms with Gasteiger partial charge in [0.05, 0.1) is 13.2 Å². The predicted molar refractivity (Wildman–Crippen MR) is 99.6 cm³/mol. The topological polar surface area (TPSA) is 69.7 Å². The molecular weight excluding hydrogens is 332 g/mol. The first-order chi connectivity index (χ1) is 12.5. The molecule has 132 valence electrons. The summed E-state index contributed by atoms with van der Waals surface area (Å²) in [5.41, 5.74) is -1.05. The first kappa shape index (κ1) is 17.6. The molecule has 0 aromatic heterocycles. The van der Waals surface area contributed by atoms with Gasteiger partial charge in [-0.1, -0.05) is 24.3 Å². The third-order valence-electron chi connectivity index (χ3n) is 4.03. The Morgan fingerprint density at radius 2 is 1.15 bits per heavy atom. The first-order valence-electron chi connectivity index (χ1n) is 8.40. The normalized spacial score (nSPS) is 10.7. The second-order valence-electron chi connectivity index (χ2n) is 5.71. The zero-order valence-corrected chi connectivity index (χ0v) is 14.6. The quantitative estimate of drug-likeness (QED) is 0.671. The van der Waals surface area contributed by atoms with Crippen LogP contribution in [-0.4, -0.2) is 25.2 Å². The van der Waals surface area contributed by atoms with Gasteiger partial charge < -0.3 is 9.47 Å². The van der Waals surface area contributed by atoms with Crippen LogP contribution in [0.4, 0.5) is 0 Å². The van der Waals surface area contributed by atoms with Crippen molar-refractivity contribution >= 4 is 33.5 Å². The Morgan fingerprint density at radius 1 is 0.731 bits per heavy atom. The number of esters is 2. The van der Waals surface area contributed by atoms with Crippen molar-refractivity contribution in [3.63, 3.8) is 0 Å². The van der Waals surface area contributed by atoms with E-state index in [1.807, 2.05) is 36.4 Å². The predicted octanol–water partition coefficient (Wildman–Crippen LogP) is 3.71. The van der Waals surface area contributed by atoms with E-state index < -0.39 is 17.4 Å². The third kappa shape index (κ3) is 3.28. The molecule has 0 radical (unpaired) electrons. The minimum Gasteiger partial charge on any atom is -0.462 e. The van der Waals surface area contributed by atoms with E-state index in [0.29, 0.717) is 10.8 Å². The summed E-state index contributed by atoms with van der Waals surface area (Å²) in [5.74, 6) is -1.51. The Balaban J connectivity index is 2.39. The lowest BCUT2D eigenvalue weighted by atomic mass is 10.0. The first-order valence-corrected chi connectivity index (χ1v) is 8.40. The molecule has 3 rings (SSSR count). The Kier molecular flexibility index (Phi) is 4.98. The average Bonchev–Trinajstić information content (AvgIpc) is 2.77. The Hall–Kier alpha value is -3.21. The van der Waals surface area contributed by atoms with E-state index in [0.717, 1.165) is 10.8 Å². The van der Waals surface area contributed by atoms with Gasteiger partial charge >= 0.3 is 11.9 Å². The highest BCUT2D eigenvalue weighted by atomic mass is 16.5. The molecule has 0 aliphatic carbocycles. The van der Waals surface area contributed by atoms with Crippen molar-refractivity contribution in [2.75, 3.05) is 13.2 Å². The molecule has 0 saturated heterocycles. The van der Waals surface area contributed by atoms with Gasteiger partial charge in [-0.15, -0.1) is 0 Å². The highest BCUT2D eigenvalue weighted by Crippen LogP contribution is 2.23. The van der Waals surface area contributed by atoms with Gasteiger partial charge in [0, 0.05) is 0 Å². The fraction of sp³-hybridized carbons (Fsp3) is 0.190. The number of carbonyl (C=O) groups excluding carboxylic acids is 2. The monoisotopic (exact) mass is 350 g/mol. The second-order valence-corrected chi connectivity index (χ2v) is 5.71. The zero-order valence-electron chi connectivity index (χ0n) is 14.6. The molecule has 5 nitrogen and oxygen atoms in total. The van der Waals surface area contributed by atoms with Crippen molar-refractivity contribution in [3.8, 4) is 0 Å². The Labute approximate surface area is 150 Å². The van der Waals surface area contributed by atoms with E-state index in [1.54, 1.807) is 13.8 Å². The third-order valence-corrected chi connectivity index (χ3v) is 4.03. The number of hydrogen-bond acceptors (Lipinski definition) is 5. The molecule has 0 aliphatic heterocycles. The molecule has 0 aliphatic rings. The summed E-state index contributed by atoms with van der Waals surface area (Å²) in [6.07, 6.45) is 0. The largest absolute Gasteiger partial charge is 0.462 e. The van der Waals surface area contributed by atoms with Gasteiger partial charge in [0.25, 0.3) is 0 Å². The fourth-order valence-electron chi connectivity index (χ4n) is 2.83. The zero-order chi connectivity index (χ0) is 18.7. The molecule has 0 unspecified atom stereocenters. The standard InChI is InChI=1S/C21H18O5/c1-3-25-20(23)17-11-15-9-13-7-5-6-8-14(13)10-16(15)12-18(19(17)22)21(24)26-4-2/h5-12H,3-4H2,1-2H3. The van der Waals surface area contributed by atoms with Crippen molar-refractivity contribution in [3.05, 3.63) is 69.9 Å². The van der Waals surface area contributed by atoms with Crippen LogP contribution in [0.15, 0.2) is 53.3 Å². The number of fused-ring (bicyclic) bond motifs is 2. The smallest absolute Gasteiger partial charge is 0.342 e. The molecule has 0 spiro atoms. The summed E-state index contributed by atoms with van der Waals surface area (Å²) in [4.78, 5) is 37.3.